The Morgan fingerprint density at radius 2 is 2.22 bits per heavy atom. The van der Waals surface area contributed by atoms with Crippen molar-refractivity contribution in [3.63, 3.8) is 0 Å². The predicted molar refractivity (Wildman–Crippen MR) is 71.4 cm³/mol. The number of carbonyl (C=O) groups is 1. The maximum atomic E-state index is 12.0. The van der Waals surface area contributed by atoms with Crippen LogP contribution < -0.4 is 11.1 Å². The Morgan fingerprint density at radius 3 is 2.89 bits per heavy atom. The van der Waals surface area contributed by atoms with E-state index in [-0.39, 0.29) is 5.91 Å². The number of aromatic nitrogens is 2. The van der Waals surface area contributed by atoms with Crippen LogP contribution in [-0.2, 0) is 6.54 Å². The van der Waals surface area contributed by atoms with E-state index in [1.54, 1.807) is 29.1 Å². The summed E-state index contributed by atoms with van der Waals surface area (Å²) in [6.45, 7) is 4.58. The molecular weight excluding hydrogens is 228 g/mol. The molecule has 1 heterocycles. The van der Waals surface area contributed by atoms with Crippen molar-refractivity contribution in [1.29, 1.82) is 0 Å². The van der Waals surface area contributed by atoms with E-state index in [2.05, 4.69) is 10.4 Å². The number of nitrogens with one attached hydrogen (secondary N) is 1. The summed E-state index contributed by atoms with van der Waals surface area (Å²) in [5.41, 5.74) is 7.91. The summed E-state index contributed by atoms with van der Waals surface area (Å²) >= 11 is 0. The smallest absolute Gasteiger partial charge is 0.256 e. The van der Waals surface area contributed by atoms with Gasteiger partial charge in [-0.2, -0.15) is 5.10 Å². The second kappa shape index (κ2) is 4.91. The van der Waals surface area contributed by atoms with E-state index in [0.717, 1.165) is 5.56 Å². The molecule has 0 saturated carbocycles. The third kappa shape index (κ3) is 2.34. The Hall–Kier alpha value is -2.30. The zero-order valence-electron chi connectivity index (χ0n) is 10.5. The van der Waals surface area contributed by atoms with Gasteiger partial charge in [0, 0.05) is 23.9 Å². The average Bonchev–Trinajstić information content (AvgIpc) is 2.79. The van der Waals surface area contributed by atoms with Crippen molar-refractivity contribution in [2.45, 2.75) is 20.4 Å². The number of rotatable bonds is 3. The number of hydrogen-bond donors (Lipinski definition) is 2. The summed E-state index contributed by atoms with van der Waals surface area (Å²) in [5.74, 6) is 0.499. The fourth-order valence-electron chi connectivity index (χ4n) is 1.66. The molecule has 94 valence electrons. The molecule has 0 atom stereocenters. The van der Waals surface area contributed by atoms with Gasteiger partial charge in [0.25, 0.3) is 5.91 Å². The minimum atomic E-state index is -0.183. The number of hydrogen-bond acceptors (Lipinski definition) is 3. The highest BCUT2D eigenvalue weighted by molar-refractivity contribution is 6.04. The molecule has 0 bridgehead atoms. The summed E-state index contributed by atoms with van der Waals surface area (Å²) in [7, 11) is 0. The lowest BCUT2D eigenvalue weighted by Gasteiger charge is -2.08. The van der Waals surface area contributed by atoms with E-state index < -0.39 is 0 Å². The first-order valence-electron chi connectivity index (χ1n) is 5.81. The molecule has 18 heavy (non-hydrogen) atoms. The number of nitrogens with zero attached hydrogens (tertiary/aromatic N) is 2. The fraction of sp³-hybridized carbons (Fsp3) is 0.231. The molecule has 2 aromatic rings. The predicted octanol–water partition coefficient (Wildman–Crippen LogP) is 2.05. The van der Waals surface area contributed by atoms with Gasteiger partial charge in [-0.1, -0.05) is 6.07 Å². The van der Waals surface area contributed by atoms with Crippen LogP contribution in [0.25, 0.3) is 0 Å². The molecular formula is C13H16N4O. The van der Waals surface area contributed by atoms with Crippen LogP contribution >= 0.6 is 0 Å². The summed E-state index contributed by atoms with van der Waals surface area (Å²) < 4.78 is 1.72. The van der Waals surface area contributed by atoms with Crippen LogP contribution in [0.1, 0.15) is 22.8 Å². The lowest BCUT2D eigenvalue weighted by atomic mass is 10.1. The van der Waals surface area contributed by atoms with E-state index in [1.165, 1.54) is 0 Å². The highest BCUT2D eigenvalue weighted by atomic mass is 16.1. The van der Waals surface area contributed by atoms with Crippen molar-refractivity contribution >= 4 is 17.4 Å². The van der Waals surface area contributed by atoms with Gasteiger partial charge >= 0.3 is 0 Å². The molecule has 0 aliphatic heterocycles. The van der Waals surface area contributed by atoms with Crippen molar-refractivity contribution in [3.8, 4) is 0 Å². The van der Waals surface area contributed by atoms with E-state index in [1.807, 2.05) is 19.9 Å². The zero-order valence-corrected chi connectivity index (χ0v) is 10.5. The number of amides is 1. The molecule has 0 aliphatic carbocycles. The lowest BCUT2D eigenvalue weighted by Crippen LogP contribution is -2.15. The van der Waals surface area contributed by atoms with Gasteiger partial charge in [0.15, 0.2) is 0 Å². The zero-order chi connectivity index (χ0) is 13.1. The first-order valence-corrected chi connectivity index (χ1v) is 5.81. The SMILES string of the molecule is CCn1nccc1NC(=O)c1ccc(C)c(N)c1. The molecule has 0 saturated heterocycles. The van der Waals surface area contributed by atoms with E-state index >= 15 is 0 Å². The van der Waals surface area contributed by atoms with Gasteiger partial charge < -0.3 is 11.1 Å². The summed E-state index contributed by atoms with van der Waals surface area (Å²) in [4.78, 5) is 12.0. The number of nitrogen functional groups attached to an aromatic ring is 1. The summed E-state index contributed by atoms with van der Waals surface area (Å²) in [6.07, 6.45) is 1.66. The van der Waals surface area contributed by atoms with Crippen molar-refractivity contribution in [2.75, 3.05) is 11.1 Å². The van der Waals surface area contributed by atoms with Gasteiger partial charge in [-0.05, 0) is 31.5 Å². The topological polar surface area (TPSA) is 72.9 Å². The van der Waals surface area contributed by atoms with Crippen LogP contribution in [0.3, 0.4) is 0 Å². The highest BCUT2D eigenvalue weighted by Gasteiger charge is 2.09. The van der Waals surface area contributed by atoms with Crippen LogP contribution in [0.5, 0.6) is 0 Å². The monoisotopic (exact) mass is 244 g/mol. The first kappa shape index (κ1) is 12.2. The second-order valence-corrected chi connectivity index (χ2v) is 4.06. The molecule has 2 rings (SSSR count). The van der Waals surface area contributed by atoms with Gasteiger partial charge in [-0.15, -0.1) is 0 Å². The van der Waals surface area contributed by atoms with E-state index in [9.17, 15) is 4.79 Å². The Kier molecular flexibility index (Phi) is 3.32. The lowest BCUT2D eigenvalue weighted by molar-refractivity contribution is 0.102. The first-order chi connectivity index (χ1) is 8.61. The Bertz CT molecular complexity index is 574. The van der Waals surface area contributed by atoms with Crippen LogP contribution in [0.4, 0.5) is 11.5 Å². The third-order valence-corrected chi connectivity index (χ3v) is 2.80. The molecule has 0 radical (unpaired) electrons. The molecule has 1 amide bonds. The van der Waals surface area contributed by atoms with Gasteiger partial charge in [0.1, 0.15) is 5.82 Å². The third-order valence-electron chi connectivity index (χ3n) is 2.80. The summed E-state index contributed by atoms with van der Waals surface area (Å²) in [5, 5.41) is 6.90. The van der Waals surface area contributed by atoms with Gasteiger partial charge in [-0.3, -0.25) is 4.79 Å². The number of aryl methyl sites for hydroxylation is 2. The van der Waals surface area contributed by atoms with Crippen LogP contribution in [0.15, 0.2) is 30.5 Å². The molecule has 0 aliphatic rings. The van der Waals surface area contributed by atoms with E-state index in [4.69, 9.17) is 5.73 Å². The van der Waals surface area contributed by atoms with Gasteiger partial charge in [0.2, 0.25) is 0 Å². The molecule has 0 spiro atoms. The van der Waals surface area contributed by atoms with Gasteiger partial charge in [-0.25, -0.2) is 4.68 Å². The molecule has 1 aromatic carbocycles. The van der Waals surface area contributed by atoms with Crippen LogP contribution in [-0.4, -0.2) is 15.7 Å². The van der Waals surface area contributed by atoms with Crippen LogP contribution in [0, 0.1) is 6.92 Å². The number of anilines is 2. The largest absolute Gasteiger partial charge is 0.398 e. The standard InChI is InChI=1S/C13H16N4O/c1-3-17-12(6-7-15-17)16-13(18)10-5-4-9(2)11(14)8-10/h4-8H,3,14H2,1-2H3,(H,16,18). The van der Waals surface area contributed by atoms with Gasteiger partial charge in [0.05, 0.1) is 6.20 Å². The number of benzene rings is 1. The Morgan fingerprint density at radius 1 is 1.44 bits per heavy atom. The molecule has 0 unspecified atom stereocenters. The van der Waals surface area contributed by atoms with E-state index in [0.29, 0.717) is 23.6 Å². The minimum absolute atomic E-state index is 0.183. The van der Waals surface area contributed by atoms with Crippen molar-refractivity contribution in [1.82, 2.24) is 9.78 Å². The number of nitrogens with two attached hydrogens (primary N) is 1. The minimum Gasteiger partial charge on any atom is -0.398 e. The van der Waals surface area contributed by atoms with Crippen molar-refractivity contribution < 1.29 is 4.79 Å². The van der Waals surface area contributed by atoms with Crippen molar-refractivity contribution in [2.24, 2.45) is 0 Å². The second-order valence-electron chi connectivity index (χ2n) is 4.06. The quantitative estimate of drug-likeness (QED) is 0.811. The number of carbonyl (C=O) groups excluding carboxylic acids is 1. The Balaban J connectivity index is 2.19. The maximum absolute atomic E-state index is 12.0. The highest BCUT2D eigenvalue weighted by Crippen LogP contribution is 2.15. The molecule has 0 fully saturated rings. The molecule has 1 aromatic heterocycles. The molecule has 5 nitrogen and oxygen atoms in total. The maximum Gasteiger partial charge on any atom is 0.256 e. The molecule has 5 heteroatoms. The fourth-order valence-corrected chi connectivity index (χ4v) is 1.66. The van der Waals surface area contributed by atoms with Crippen LogP contribution in [0.2, 0.25) is 0 Å². The summed E-state index contributed by atoms with van der Waals surface area (Å²) in [6, 6.07) is 7.03. The Labute approximate surface area is 106 Å². The molecule has 3 N–H and O–H groups in total. The van der Waals surface area contributed by atoms with Crippen molar-refractivity contribution in [3.05, 3.63) is 41.6 Å². The normalized spacial score (nSPS) is 10.3. The average molecular weight is 244 g/mol.